The molecule has 0 aliphatic carbocycles. The van der Waals surface area contributed by atoms with E-state index in [0.717, 1.165) is 42.9 Å². The predicted molar refractivity (Wildman–Crippen MR) is 118 cm³/mol. The fraction of sp³-hybridized carbons (Fsp3) is 0.240. The van der Waals surface area contributed by atoms with Crippen LogP contribution in [0.4, 0.5) is 5.82 Å². The van der Waals surface area contributed by atoms with Crippen LogP contribution in [0.3, 0.4) is 0 Å². The van der Waals surface area contributed by atoms with E-state index in [4.69, 9.17) is 0 Å². The van der Waals surface area contributed by atoms with Crippen molar-refractivity contribution < 1.29 is 4.79 Å². The maximum absolute atomic E-state index is 12.5. The van der Waals surface area contributed by atoms with Gasteiger partial charge < -0.3 is 10.2 Å². The number of anilines is 1. The normalized spacial score (nSPS) is 14.2. The minimum Gasteiger partial charge on any atom is -0.356 e. The second kappa shape index (κ2) is 9.23. The predicted octanol–water partition coefficient (Wildman–Crippen LogP) is 4.27. The molecule has 0 spiro atoms. The molecule has 0 bridgehead atoms. The Morgan fingerprint density at radius 2 is 1.70 bits per heavy atom. The summed E-state index contributed by atoms with van der Waals surface area (Å²) in [6, 6.07) is 23.7. The first kappa shape index (κ1) is 19.7. The number of carbonyl (C=O) groups excluding carboxylic acids is 1. The molecule has 30 heavy (non-hydrogen) atoms. The van der Waals surface area contributed by atoms with E-state index in [1.165, 1.54) is 0 Å². The van der Waals surface area contributed by atoms with Crippen molar-refractivity contribution in [3.05, 3.63) is 84.1 Å². The minimum absolute atomic E-state index is 0.0338. The summed E-state index contributed by atoms with van der Waals surface area (Å²) >= 11 is 0. The second-order valence-corrected chi connectivity index (χ2v) is 7.57. The molecular weight excluding hydrogens is 372 g/mol. The largest absolute Gasteiger partial charge is 0.356 e. The minimum atomic E-state index is -0.0338. The zero-order valence-corrected chi connectivity index (χ0v) is 16.8. The standard InChI is InChI=1S/C25H24N4O/c26-17-23-7-4-14-27-24(23)29-15-12-19(13-16-29)18-28-25(30)22-10-8-21(9-11-22)20-5-2-1-3-6-20/h1-11,14,19H,12-13,15-16,18H2,(H,28,30). The van der Waals surface area contributed by atoms with Crippen molar-refractivity contribution in [2.24, 2.45) is 5.92 Å². The molecule has 4 rings (SSSR count). The zero-order valence-electron chi connectivity index (χ0n) is 16.8. The lowest BCUT2D eigenvalue weighted by Gasteiger charge is -2.33. The number of nitrogens with one attached hydrogen (secondary N) is 1. The van der Waals surface area contributed by atoms with Crippen LogP contribution in [0.15, 0.2) is 72.9 Å². The fourth-order valence-corrected chi connectivity index (χ4v) is 3.87. The summed E-state index contributed by atoms with van der Waals surface area (Å²) in [6.07, 6.45) is 3.66. The summed E-state index contributed by atoms with van der Waals surface area (Å²) in [5.74, 6) is 1.16. The fourth-order valence-electron chi connectivity index (χ4n) is 3.87. The van der Waals surface area contributed by atoms with E-state index < -0.39 is 0 Å². The summed E-state index contributed by atoms with van der Waals surface area (Å²) in [7, 11) is 0. The lowest BCUT2D eigenvalue weighted by molar-refractivity contribution is 0.0945. The average molecular weight is 396 g/mol. The van der Waals surface area contributed by atoms with Gasteiger partial charge in [-0.2, -0.15) is 5.26 Å². The van der Waals surface area contributed by atoms with Crippen LogP contribution in [0.5, 0.6) is 0 Å². The van der Waals surface area contributed by atoms with E-state index in [1.807, 2.05) is 42.5 Å². The summed E-state index contributed by atoms with van der Waals surface area (Å²) in [5.41, 5.74) is 3.54. The molecule has 1 N–H and O–H groups in total. The molecule has 1 aliphatic rings. The van der Waals surface area contributed by atoms with Crippen LogP contribution in [0.25, 0.3) is 11.1 Å². The average Bonchev–Trinajstić information content (AvgIpc) is 2.83. The lowest BCUT2D eigenvalue weighted by Crippen LogP contribution is -2.39. The molecule has 2 aromatic carbocycles. The molecule has 1 fully saturated rings. The highest BCUT2D eigenvalue weighted by Crippen LogP contribution is 2.24. The van der Waals surface area contributed by atoms with Crippen LogP contribution in [0, 0.1) is 17.2 Å². The molecule has 1 saturated heterocycles. The van der Waals surface area contributed by atoms with Gasteiger partial charge in [-0.3, -0.25) is 4.79 Å². The number of piperidine rings is 1. The van der Waals surface area contributed by atoms with E-state index in [-0.39, 0.29) is 5.91 Å². The molecule has 1 amide bonds. The number of pyridine rings is 1. The molecule has 3 aromatic rings. The summed E-state index contributed by atoms with van der Waals surface area (Å²) in [6.45, 7) is 2.36. The topological polar surface area (TPSA) is 69.0 Å². The number of rotatable bonds is 5. The van der Waals surface area contributed by atoms with Crippen molar-refractivity contribution in [2.75, 3.05) is 24.5 Å². The van der Waals surface area contributed by atoms with E-state index in [0.29, 0.717) is 23.6 Å². The number of hydrogen-bond donors (Lipinski definition) is 1. The van der Waals surface area contributed by atoms with Crippen LogP contribution < -0.4 is 10.2 Å². The van der Waals surface area contributed by atoms with Crippen molar-refractivity contribution in [1.29, 1.82) is 5.26 Å². The smallest absolute Gasteiger partial charge is 0.251 e. The third-order valence-corrected chi connectivity index (χ3v) is 5.63. The summed E-state index contributed by atoms with van der Waals surface area (Å²) < 4.78 is 0. The van der Waals surface area contributed by atoms with Crippen LogP contribution >= 0.6 is 0 Å². The highest BCUT2D eigenvalue weighted by molar-refractivity contribution is 5.94. The second-order valence-electron chi connectivity index (χ2n) is 7.57. The molecule has 5 nitrogen and oxygen atoms in total. The van der Waals surface area contributed by atoms with Gasteiger partial charge in [0.05, 0.1) is 5.56 Å². The van der Waals surface area contributed by atoms with Crippen molar-refractivity contribution in [1.82, 2.24) is 10.3 Å². The summed E-state index contributed by atoms with van der Waals surface area (Å²) in [4.78, 5) is 19.1. The number of aromatic nitrogens is 1. The highest BCUT2D eigenvalue weighted by Gasteiger charge is 2.22. The molecule has 1 aromatic heterocycles. The van der Waals surface area contributed by atoms with Crippen molar-refractivity contribution in [3.8, 4) is 17.2 Å². The number of carbonyl (C=O) groups is 1. The van der Waals surface area contributed by atoms with Gasteiger partial charge in [0.25, 0.3) is 5.91 Å². The lowest BCUT2D eigenvalue weighted by atomic mass is 9.96. The molecule has 5 heteroatoms. The van der Waals surface area contributed by atoms with E-state index in [9.17, 15) is 10.1 Å². The van der Waals surface area contributed by atoms with Gasteiger partial charge in [0.1, 0.15) is 11.9 Å². The van der Waals surface area contributed by atoms with E-state index in [2.05, 4.69) is 33.4 Å². The van der Waals surface area contributed by atoms with Gasteiger partial charge in [-0.05, 0) is 54.2 Å². The molecule has 0 unspecified atom stereocenters. The van der Waals surface area contributed by atoms with Gasteiger partial charge in [-0.15, -0.1) is 0 Å². The number of nitriles is 1. The molecule has 0 atom stereocenters. The third-order valence-electron chi connectivity index (χ3n) is 5.63. The van der Waals surface area contributed by atoms with Crippen molar-refractivity contribution >= 4 is 11.7 Å². The SMILES string of the molecule is N#Cc1cccnc1N1CCC(CNC(=O)c2ccc(-c3ccccc3)cc2)CC1. The first-order valence-electron chi connectivity index (χ1n) is 10.3. The van der Waals surface area contributed by atoms with Gasteiger partial charge in [0.2, 0.25) is 0 Å². The van der Waals surface area contributed by atoms with Crippen molar-refractivity contribution in [3.63, 3.8) is 0 Å². The maximum Gasteiger partial charge on any atom is 0.251 e. The van der Waals surface area contributed by atoms with Gasteiger partial charge in [0, 0.05) is 31.4 Å². The Morgan fingerprint density at radius 1 is 1.00 bits per heavy atom. The first-order valence-corrected chi connectivity index (χ1v) is 10.3. The van der Waals surface area contributed by atoms with Crippen molar-refractivity contribution in [2.45, 2.75) is 12.8 Å². The molecular formula is C25H24N4O. The van der Waals surface area contributed by atoms with Gasteiger partial charge in [-0.25, -0.2) is 4.98 Å². The Bertz CT molecular complexity index is 1030. The first-order chi connectivity index (χ1) is 14.7. The number of amides is 1. The summed E-state index contributed by atoms with van der Waals surface area (Å²) in [5, 5.41) is 12.4. The molecule has 150 valence electrons. The van der Waals surface area contributed by atoms with Gasteiger partial charge in [-0.1, -0.05) is 42.5 Å². The monoisotopic (exact) mass is 396 g/mol. The Morgan fingerprint density at radius 3 is 2.40 bits per heavy atom. The van der Waals surface area contributed by atoms with E-state index in [1.54, 1.807) is 18.3 Å². The van der Waals surface area contributed by atoms with Crippen LogP contribution in [0.1, 0.15) is 28.8 Å². The quantitative estimate of drug-likeness (QED) is 0.699. The van der Waals surface area contributed by atoms with Crippen LogP contribution in [0.2, 0.25) is 0 Å². The van der Waals surface area contributed by atoms with Crippen LogP contribution in [-0.4, -0.2) is 30.5 Å². The van der Waals surface area contributed by atoms with E-state index >= 15 is 0 Å². The Labute approximate surface area is 177 Å². The zero-order chi connectivity index (χ0) is 20.8. The third kappa shape index (κ3) is 4.49. The number of hydrogen-bond acceptors (Lipinski definition) is 4. The Hall–Kier alpha value is -3.65. The maximum atomic E-state index is 12.5. The molecule has 0 radical (unpaired) electrons. The highest BCUT2D eigenvalue weighted by atomic mass is 16.1. The Balaban J connectivity index is 1.28. The number of benzene rings is 2. The van der Waals surface area contributed by atoms with Gasteiger partial charge >= 0.3 is 0 Å². The van der Waals surface area contributed by atoms with Gasteiger partial charge in [0.15, 0.2) is 0 Å². The molecule has 2 heterocycles. The Kier molecular flexibility index (Phi) is 6.05. The molecule has 0 saturated carbocycles. The molecule has 1 aliphatic heterocycles. The van der Waals surface area contributed by atoms with Crippen LogP contribution in [-0.2, 0) is 0 Å². The number of nitrogens with zero attached hydrogens (tertiary/aromatic N) is 3.